The zero-order chi connectivity index (χ0) is 12.0. The summed E-state index contributed by atoms with van der Waals surface area (Å²) < 4.78 is 5.14. The predicted molar refractivity (Wildman–Crippen MR) is 69.4 cm³/mol. The molecule has 1 rings (SSSR count). The average Bonchev–Trinajstić information content (AvgIpc) is 2.56. The molecule has 0 amide bonds. The lowest BCUT2D eigenvalue weighted by atomic mass is 10.2. The van der Waals surface area contributed by atoms with E-state index < -0.39 is 0 Å². The second-order valence-corrected chi connectivity index (χ2v) is 5.43. The maximum absolute atomic E-state index is 5.73. The summed E-state index contributed by atoms with van der Waals surface area (Å²) in [6, 6.07) is 0.312. The van der Waals surface area contributed by atoms with Crippen molar-refractivity contribution in [2.75, 3.05) is 19.6 Å². The van der Waals surface area contributed by atoms with Crippen LogP contribution >= 0.6 is 22.9 Å². The van der Waals surface area contributed by atoms with Crippen molar-refractivity contribution < 1.29 is 4.74 Å². The molecule has 0 aliphatic carbocycles. The Labute approximate surface area is 106 Å². The second kappa shape index (κ2) is 7.22. The molecule has 1 unspecified atom stereocenters. The Morgan fingerprint density at radius 3 is 2.75 bits per heavy atom. The highest BCUT2D eigenvalue weighted by Crippen LogP contribution is 2.16. The number of hydrogen-bond donors (Lipinski definition) is 1. The van der Waals surface area contributed by atoms with Crippen LogP contribution in [0.3, 0.4) is 0 Å². The minimum absolute atomic E-state index is 0.312. The van der Waals surface area contributed by atoms with Crippen molar-refractivity contribution in [3.63, 3.8) is 0 Å². The number of alkyl halides is 1. The maximum atomic E-state index is 5.73. The molecule has 0 aliphatic heterocycles. The molecule has 92 valence electrons. The van der Waals surface area contributed by atoms with Crippen LogP contribution < -0.4 is 5.32 Å². The zero-order valence-electron chi connectivity index (χ0n) is 10.0. The number of nitrogens with one attached hydrogen (secondary N) is 1. The summed E-state index contributed by atoms with van der Waals surface area (Å²) >= 11 is 7.48. The third-order valence-electron chi connectivity index (χ3n) is 2.44. The molecular formula is C11H19ClN2OS. The number of methoxy groups -OCH3 is 1. The third kappa shape index (κ3) is 4.37. The lowest BCUT2D eigenvalue weighted by Gasteiger charge is -2.15. The summed E-state index contributed by atoms with van der Waals surface area (Å²) in [5, 5.41) is 4.55. The maximum Gasteiger partial charge on any atom is 0.107 e. The van der Waals surface area contributed by atoms with Crippen LogP contribution in [0.2, 0.25) is 0 Å². The second-order valence-electron chi connectivity index (χ2n) is 3.76. The standard InChI is InChI=1S/C11H19ClN2OS/c1-8-9(2)16-11(14-8)6-13-10(4-5-12)7-15-3/h10,13H,4-7H2,1-3H3. The van der Waals surface area contributed by atoms with Gasteiger partial charge in [-0.1, -0.05) is 0 Å². The molecule has 1 atom stereocenters. The first-order valence-corrected chi connectivity index (χ1v) is 6.73. The van der Waals surface area contributed by atoms with Gasteiger partial charge in [0, 0.05) is 30.5 Å². The van der Waals surface area contributed by atoms with Gasteiger partial charge in [-0.15, -0.1) is 22.9 Å². The topological polar surface area (TPSA) is 34.1 Å². The molecule has 5 heteroatoms. The largest absolute Gasteiger partial charge is 0.383 e. The molecule has 0 fully saturated rings. The van der Waals surface area contributed by atoms with E-state index in [-0.39, 0.29) is 0 Å². The highest BCUT2D eigenvalue weighted by molar-refractivity contribution is 7.11. The van der Waals surface area contributed by atoms with E-state index in [0.29, 0.717) is 18.5 Å². The van der Waals surface area contributed by atoms with Gasteiger partial charge in [0.2, 0.25) is 0 Å². The molecular weight excluding hydrogens is 244 g/mol. The van der Waals surface area contributed by atoms with Gasteiger partial charge in [-0.05, 0) is 20.3 Å². The first-order chi connectivity index (χ1) is 7.67. The Morgan fingerprint density at radius 2 is 2.25 bits per heavy atom. The number of aromatic nitrogens is 1. The predicted octanol–water partition coefficient (Wildman–Crippen LogP) is 2.49. The molecule has 16 heavy (non-hydrogen) atoms. The molecule has 1 heterocycles. The van der Waals surface area contributed by atoms with Gasteiger partial charge < -0.3 is 10.1 Å². The van der Waals surface area contributed by atoms with Gasteiger partial charge in [0.25, 0.3) is 0 Å². The van der Waals surface area contributed by atoms with Crippen molar-refractivity contribution in [1.82, 2.24) is 10.3 Å². The van der Waals surface area contributed by atoms with Crippen LogP contribution in [0.4, 0.5) is 0 Å². The Bertz CT molecular complexity index is 291. The number of halogens is 1. The minimum atomic E-state index is 0.312. The molecule has 1 aromatic heterocycles. The Morgan fingerprint density at radius 1 is 1.50 bits per heavy atom. The molecule has 0 aromatic carbocycles. The number of ether oxygens (including phenoxy) is 1. The SMILES string of the molecule is COCC(CCCl)NCc1nc(C)c(C)s1. The van der Waals surface area contributed by atoms with Crippen molar-refractivity contribution in [3.05, 3.63) is 15.6 Å². The van der Waals surface area contributed by atoms with E-state index in [1.165, 1.54) is 4.88 Å². The molecule has 0 bridgehead atoms. The molecule has 0 radical (unpaired) electrons. The molecule has 0 aliphatic rings. The van der Waals surface area contributed by atoms with E-state index in [0.717, 1.165) is 23.7 Å². The first-order valence-electron chi connectivity index (χ1n) is 5.38. The Balaban J connectivity index is 2.41. The van der Waals surface area contributed by atoms with Crippen LogP contribution in [0.1, 0.15) is 22.0 Å². The first kappa shape index (κ1) is 13.9. The summed E-state index contributed by atoms with van der Waals surface area (Å²) in [4.78, 5) is 5.77. The molecule has 3 nitrogen and oxygen atoms in total. The van der Waals surface area contributed by atoms with Crippen LogP contribution in [0.25, 0.3) is 0 Å². The summed E-state index contributed by atoms with van der Waals surface area (Å²) in [5.74, 6) is 0.650. The molecule has 0 saturated heterocycles. The smallest absolute Gasteiger partial charge is 0.107 e. The zero-order valence-corrected chi connectivity index (χ0v) is 11.6. The summed E-state index contributed by atoms with van der Waals surface area (Å²) in [6.45, 7) is 5.63. The van der Waals surface area contributed by atoms with Gasteiger partial charge in [-0.25, -0.2) is 4.98 Å². The van der Waals surface area contributed by atoms with Gasteiger partial charge in [-0.2, -0.15) is 0 Å². The quantitative estimate of drug-likeness (QED) is 0.767. The number of rotatable bonds is 7. The monoisotopic (exact) mass is 262 g/mol. The summed E-state index contributed by atoms with van der Waals surface area (Å²) in [6.07, 6.45) is 0.915. The van der Waals surface area contributed by atoms with Crippen molar-refractivity contribution in [3.8, 4) is 0 Å². The number of nitrogens with zero attached hydrogens (tertiary/aromatic N) is 1. The van der Waals surface area contributed by atoms with E-state index >= 15 is 0 Å². The van der Waals surface area contributed by atoms with E-state index in [4.69, 9.17) is 16.3 Å². The van der Waals surface area contributed by atoms with Gasteiger partial charge >= 0.3 is 0 Å². The summed E-state index contributed by atoms with van der Waals surface area (Å²) in [5.41, 5.74) is 1.13. The van der Waals surface area contributed by atoms with Gasteiger partial charge in [-0.3, -0.25) is 0 Å². The summed E-state index contributed by atoms with van der Waals surface area (Å²) in [7, 11) is 1.71. The fraction of sp³-hybridized carbons (Fsp3) is 0.727. The average molecular weight is 263 g/mol. The number of aryl methyl sites for hydroxylation is 2. The Kier molecular flexibility index (Phi) is 6.28. The Hall–Kier alpha value is -0.160. The van der Waals surface area contributed by atoms with Crippen molar-refractivity contribution in [2.24, 2.45) is 0 Å². The van der Waals surface area contributed by atoms with E-state index in [1.807, 2.05) is 6.92 Å². The van der Waals surface area contributed by atoms with E-state index in [2.05, 4.69) is 17.2 Å². The van der Waals surface area contributed by atoms with Crippen LogP contribution in [-0.2, 0) is 11.3 Å². The van der Waals surface area contributed by atoms with Gasteiger partial charge in [0.1, 0.15) is 5.01 Å². The van der Waals surface area contributed by atoms with Crippen molar-refractivity contribution in [1.29, 1.82) is 0 Å². The van der Waals surface area contributed by atoms with Crippen LogP contribution in [0, 0.1) is 13.8 Å². The lowest BCUT2D eigenvalue weighted by Crippen LogP contribution is -2.33. The van der Waals surface area contributed by atoms with Crippen LogP contribution in [0.15, 0.2) is 0 Å². The van der Waals surface area contributed by atoms with Gasteiger partial charge in [0.15, 0.2) is 0 Å². The third-order valence-corrected chi connectivity index (χ3v) is 3.73. The molecule has 0 saturated carbocycles. The van der Waals surface area contributed by atoms with Crippen LogP contribution in [-0.4, -0.2) is 30.6 Å². The lowest BCUT2D eigenvalue weighted by molar-refractivity contribution is 0.164. The van der Waals surface area contributed by atoms with Crippen molar-refractivity contribution >= 4 is 22.9 Å². The number of hydrogen-bond acceptors (Lipinski definition) is 4. The van der Waals surface area contributed by atoms with Crippen LogP contribution in [0.5, 0.6) is 0 Å². The van der Waals surface area contributed by atoms with E-state index in [1.54, 1.807) is 18.4 Å². The van der Waals surface area contributed by atoms with Gasteiger partial charge in [0.05, 0.1) is 12.3 Å². The normalized spacial score (nSPS) is 13.0. The highest BCUT2D eigenvalue weighted by atomic mass is 35.5. The van der Waals surface area contributed by atoms with Crippen molar-refractivity contribution in [2.45, 2.75) is 32.9 Å². The van der Waals surface area contributed by atoms with E-state index in [9.17, 15) is 0 Å². The fourth-order valence-electron chi connectivity index (χ4n) is 1.42. The molecule has 0 spiro atoms. The molecule has 1 aromatic rings. The fourth-order valence-corrected chi connectivity index (χ4v) is 2.57. The molecule has 1 N–H and O–H groups in total. The number of thiazole rings is 1. The highest BCUT2D eigenvalue weighted by Gasteiger charge is 2.09. The minimum Gasteiger partial charge on any atom is -0.383 e.